The van der Waals surface area contributed by atoms with E-state index in [2.05, 4.69) is 5.32 Å². The van der Waals surface area contributed by atoms with Gasteiger partial charge in [0.25, 0.3) is 5.91 Å². The van der Waals surface area contributed by atoms with E-state index < -0.39 is 6.10 Å². The molecule has 0 saturated heterocycles. The number of hydrogen-bond acceptors (Lipinski definition) is 2. The zero-order valence-electron chi connectivity index (χ0n) is 12.4. The topological polar surface area (TPSA) is 38.3 Å². The quantitative estimate of drug-likeness (QED) is 0.824. The molecule has 1 N–H and O–H groups in total. The van der Waals surface area contributed by atoms with Crippen LogP contribution in [0.1, 0.15) is 18.9 Å². The van der Waals surface area contributed by atoms with Crippen molar-refractivity contribution in [3.8, 4) is 5.75 Å². The summed E-state index contributed by atoms with van der Waals surface area (Å²) < 4.78 is 5.76. The van der Waals surface area contributed by atoms with Crippen molar-refractivity contribution in [3.05, 3.63) is 58.1 Å². The third kappa shape index (κ3) is 4.39. The lowest BCUT2D eigenvalue weighted by Gasteiger charge is -2.18. The smallest absolute Gasteiger partial charge is 0.265 e. The normalized spacial score (nSPS) is 11.8. The molecule has 0 spiro atoms. The van der Waals surface area contributed by atoms with Crippen LogP contribution in [0.5, 0.6) is 5.75 Å². The van der Waals surface area contributed by atoms with Gasteiger partial charge in [-0.15, -0.1) is 0 Å². The summed E-state index contributed by atoms with van der Waals surface area (Å²) in [5.41, 5.74) is 1.59. The van der Waals surface area contributed by atoms with Crippen molar-refractivity contribution in [3.63, 3.8) is 0 Å². The molecule has 2 aromatic carbocycles. The molecule has 0 bridgehead atoms. The summed E-state index contributed by atoms with van der Waals surface area (Å²) >= 11 is 11.9. The van der Waals surface area contributed by atoms with Crippen molar-refractivity contribution in [1.29, 1.82) is 0 Å². The highest BCUT2D eigenvalue weighted by Crippen LogP contribution is 2.26. The van der Waals surface area contributed by atoms with Gasteiger partial charge in [-0.3, -0.25) is 4.79 Å². The van der Waals surface area contributed by atoms with Crippen LogP contribution in [0.3, 0.4) is 0 Å². The Morgan fingerprint density at radius 3 is 2.64 bits per heavy atom. The Morgan fingerprint density at radius 2 is 2.00 bits per heavy atom. The molecule has 22 heavy (non-hydrogen) atoms. The maximum absolute atomic E-state index is 12.3. The van der Waals surface area contributed by atoms with Crippen LogP contribution in [0.4, 0.5) is 5.69 Å². The molecular weight excluding hydrogens is 321 g/mol. The summed E-state index contributed by atoms with van der Waals surface area (Å²) in [5, 5.41) is 3.68. The first-order chi connectivity index (χ1) is 10.5. The van der Waals surface area contributed by atoms with E-state index in [1.54, 1.807) is 18.2 Å². The molecule has 2 aromatic rings. The van der Waals surface area contributed by atoms with Crippen molar-refractivity contribution in [2.24, 2.45) is 0 Å². The van der Waals surface area contributed by atoms with Gasteiger partial charge >= 0.3 is 0 Å². The molecule has 0 unspecified atom stereocenters. The van der Waals surface area contributed by atoms with Crippen LogP contribution in [-0.2, 0) is 4.79 Å². The van der Waals surface area contributed by atoms with Gasteiger partial charge in [-0.25, -0.2) is 0 Å². The van der Waals surface area contributed by atoms with Gasteiger partial charge in [-0.05, 0) is 49.2 Å². The first kappa shape index (κ1) is 16.7. The van der Waals surface area contributed by atoms with Gasteiger partial charge in [0.15, 0.2) is 6.10 Å². The van der Waals surface area contributed by atoms with Gasteiger partial charge in [0.05, 0.1) is 10.7 Å². The van der Waals surface area contributed by atoms with Crippen molar-refractivity contribution in [2.75, 3.05) is 5.32 Å². The minimum Gasteiger partial charge on any atom is -0.481 e. The largest absolute Gasteiger partial charge is 0.481 e. The molecule has 0 aliphatic carbocycles. The minimum absolute atomic E-state index is 0.242. The van der Waals surface area contributed by atoms with Crippen LogP contribution < -0.4 is 10.1 Å². The molecule has 0 saturated carbocycles. The molecule has 0 heterocycles. The number of rotatable bonds is 5. The Bertz CT molecular complexity index is 673. The Labute approximate surface area is 140 Å². The van der Waals surface area contributed by atoms with Crippen molar-refractivity contribution < 1.29 is 9.53 Å². The summed E-state index contributed by atoms with van der Waals surface area (Å²) in [6.45, 7) is 3.87. The third-order valence-electron chi connectivity index (χ3n) is 3.12. The standard InChI is InChI=1S/C17H17Cl2NO2/c1-3-16(22-13-6-4-5-11(2)9-13)17(21)20-15-8-7-12(18)10-14(15)19/h4-10,16H,3H2,1-2H3,(H,20,21)/t16-/m1/s1. The summed E-state index contributed by atoms with van der Waals surface area (Å²) in [6.07, 6.45) is -0.0427. The number of carbonyl (C=O) groups excluding carboxylic acids is 1. The first-order valence-electron chi connectivity index (χ1n) is 6.99. The van der Waals surface area contributed by atoms with E-state index in [-0.39, 0.29) is 5.91 Å². The maximum Gasteiger partial charge on any atom is 0.265 e. The highest BCUT2D eigenvalue weighted by atomic mass is 35.5. The maximum atomic E-state index is 12.3. The monoisotopic (exact) mass is 337 g/mol. The second-order valence-electron chi connectivity index (χ2n) is 4.94. The van der Waals surface area contributed by atoms with Gasteiger partial charge in [-0.2, -0.15) is 0 Å². The molecule has 0 aromatic heterocycles. The lowest BCUT2D eigenvalue weighted by Crippen LogP contribution is -2.32. The van der Waals surface area contributed by atoms with E-state index in [9.17, 15) is 4.79 Å². The van der Waals surface area contributed by atoms with E-state index in [0.29, 0.717) is 27.9 Å². The molecule has 3 nitrogen and oxygen atoms in total. The Balaban J connectivity index is 2.08. The number of nitrogens with one attached hydrogen (secondary N) is 1. The highest BCUT2D eigenvalue weighted by Gasteiger charge is 2.19. The summed E-state index contributed by atoms with van der Waals surface area (Å²) in [5.74, 6) is 0.428. The minimum atomic E-state index is -0.589. The van der Waals surface area contributed by atoms with Crippen molar-refractivity contribution >= 4 is 34.8 Å². The first-order valence-corrected chi connectivity index (χ1v) is 7.74. The van der Waals surface area contributed by atoms with E-state index >= 15 is 0 Å². The fourth-order valence-electron chi connectivity index (χ4n) is 1.98. The lowest BCUT2D eigenvalue weighted by atomic mass is 10.2. The number of amides is 1. The number of anilines is 1. The van der Waals surface area contributed by atoms with Crippen molar-refractivity contribution in [1.82, 2.24) is 0 Å². The average molecular weight is 338 g/mol. The molecule has 0 radical (unpaired) electrons. The fourth-order valence-corrected chi connectivity index (χ4v) is 2.43. The number of ether oxygens (including phenoxy) is 1. The van der Waals surface area contributed by atoms with Gasteiger partial charge in [-0.1, -0.05) is 42.3 Å². The molecule has 116 valence electrons. The number of aryl methyl sites for hydroxylation is 1. The predicted molar refractivity (Wildman–Crippen MR) is 91.0 cm³/mol. The number of hydrogen-bond donors (Lipinski definition) is 1. The average Bonchev–Trinajstić information content (AvgIpc) is 2.47. The van der Waals surface area contributed by atoms with Crippen LogP contribution in [0.2, 0.25) is 10.0 Å². The lowest BCUT2D eigenvalue weighted by molar-refractivity contribution is -0.122. The Kier molecular flexibility index (Phi) is 5.69. The van der Waals surface area contributed by atoms with Gasteiger partial charge in [0.2, 0.25) is 0 Å². The van der Waals surface area contributed by atoms with Crippen LogP contribution in [0.25, 0.3) is 0 Å². The Hall–Kier alpha value is -1.71. The molecule has 1 amide bonds. The second kappa shape index (κ2) is 7.52. The van der Waals surface area contributed by atoms with Crippen molar-refractivity contribution in [2.45, 2.75) is 26.4 Å². The predicted octanol–water partition coefficient (Wildman–Crippen LogP) is 5.10. The summed E-state index contributed by atoms with van der Waals surface area (Å²) in [4.78, 5) is 12.3. The summed E-state index contributed by atoms with van der Waals surface area (Å²) in [6, 6.07) is 12.5. The molecular formula is C17H17Cl2NO2. The van der Waals surface area contributed by atoms with E-state index in [4.69, 9.17) is 27.9 Å². The molecule has 0 fully saturated rings. The molecule has 0 aliphatic rings. The molecule has 0 aliphatic heterocycles. The number of benzene rings is 2. The second-order valence-corrected chi connectivity index (χ2v) is 5.79. The van der Waals surface area contributed by atoms with Crippen LogP contribution in [-0.4, -0.2) is 12.0 Å². The van der Waals surface area contributed by atoms with Gasteiger partial charge in [0, 0.05) is 5.02 Å². The van der Waals surface area contributed by atoms with Crippen LogP contribution >= 0.6 is 23.2 Å². The highest BCUT2D eigenvalue weighted by molar-refractivity contribution is 6.36. The van der Waals surface area contributed by atoms with Crippen LogP contribution in [0.15, 0.2) is 42.5 Å². The number of halogens is 2. The molecule has 1 atom stereocenters. The van der Waals surface area contributed by atoms with Gasteiger partial charge in [0.1, 0.15) is 5.75 Å². The fraction of sp³-hybridized carbons (Fsp3) is 0.235. The van der Waals surface area contributed by atoms with E-state index in [1.807, 2.05) is 38.1 Å². The van der Waals surface area contributed by atoms with Gasteiger partial charge < -0.3 is 10.1 Å². The molecule has 2 rings (SSSR count). The summed E-state index contributed by atoms with van der Waals surface area (Å²) in [7, 11) is 0. The van der Waals surface area contributed by atoms with E-state index in [1.165, 1.54) is 0 Å². The van der Waals surface area contributed by atoms with Crippen LogP contribution in [0, 0.1) is 6.92 Å². The SMILES string of the molecule is CC[C@@H](Oc1cccc(C)c1)C(=O)Nc1ccc(Cl)cc1Cl. The Morgan fingerprint density at radius 1 is 1.23 bits per heavy atom. The van der Waals surface area contributed by atoms with E-state index in [0.717, 1.165) is 5.56 Å². The number of carbonyl (C=O) groups is 1. The zero-order chi connectivity index (χ0) is 16.1. The molecule has 5 heteroatoms. The third-order valence-corrected chi connectivity index (χ3v) is 3.67. The zero-order valence-corrected chi connectivity index (χ0v) is 13.9.